The molecule has 74 valence electrons. The fraction of sp³-hybridized carbons (Fsp3) is 0.300. The van der Waals surface area contributed by atoms with Gasteiger partial charge in [0, 0.05) is 9.61 Å². The summed E-state index contributed by atoms with van der Waals surface area (Å²) in [5, 5.41) is 12.2. The molecule has 0 aromatic heterocycles. The van der Waals surface area contributed by atoms with Gasteiger partial charge in [-0.1, -0.05) is 6.07 Å². The molecule has 0 bridgehead atoms. The van der Waals surface area contributed by atoms with E-state index in [-0.39, 0.29) is 0 Å². The summed E-state index contributed by atoms with van der Waals surface area (Å²) in [5.41, 5.74) is 1.48. The number of carbonyl (C=O) groups is 1. The van der Waals surface area contributed by atoms with Crippen molar-refractivity contribution in [1.82, 2.24) is 5.32 Å². The van der Waals surface area contributed by atoms with E-state index in [1.165, 1.54) is 0 Å². The average Bonchev–Trinajstić information content (AvgIpc) is 2.04. The SMILES string of the molecule is O=C(O)c1cc([C@@H]2CCN2)ccc1I. The summed E-state index contributed by atoms with van der Waals surface area (Å²) in [7, 11) is 0. The standard InChI is InChI=1S/C10H10INO2/c11-8-2-1-6(9-3-4-12-9)5-7(8)10(13)14/h1-2,5,9,12H,3-4H2,(H,13,14)/t9-/m0/s1. The van der Waals surface area contributed by atoms with Crippen LogP contribution in [0, 0.1) is 3.57 Å². The number of hydrogen-bond donors (Lipinski definition) is 2. The number of hydrogen-bond acceptors (Lipinski definition) is 2. The summed E-state index contributed by atoms with van der Waals surface area (Å²) in [5.74, 6) is -0.851. The highest BCUT2D eigenvalue weighted by atomic mass is 127. The van der Waals surface area contributed by atoms with Crippen LogP contribution in [0.1, 0.15) is 28.4 Å². The van der Waals surface area contributed by atoms with Crippen LogP contribution in [0.3, 0.4) is 0 Å². The van der Waals surface area contributed by atoms with E-state index in [4.69, 9.17) is 5.11 Å². The zero-order valence-electron chi connectivity index (χ0n) is 7.46. The normalized spacial score (nSPS) is 20.2. The van der Waals surface area contributed by atoms with Crippen molar-refractivity contribution >= 4 is 28.6 Å². The summed E-state index contributed by atoms with van der Waals surface area (Å²) < 4.78 is 0.790. The van der Waals surface area contributed by atoms with Crippen molar-refractivity contribution < 1.29 is 9.90 Å². The fourth-order valence-electron chi connectivity index (χ4n) is 1.50. The van der Waals surface area contributed by atoms with Crippen molar-refractivity contribution in [3.63, 3.8) is 0 Å². The minimum absolute atomic E-state index is 0.352. The number of halogens is 1. The minimum atomic E-state index is -0.851. The fourth-order valence-corrected chi connectivity index (χ4v) is 2.06. The molecule has 1 aromatic rings. The van der Waals surface area contributed by atoms with Gasteiger partial charge in [-0.15, -0.1) is 0 Å². The minimum Gasteiger partial charge on any atom is -0.478 e. The number of aromatic carboxylic acids is 1. The van der Waals surface area contributed by atoms with Crippen molar-refractivity contribution in [2.45, 2.75) is 12.5 Å². The van der Waals surface area contributed by atoms with E-state index in [0.717, 1.165) is 22.1 Å². The van der Waals surface area contributed by atoms with Gasteiger partial charge >= 0.3 is 5.97 Å². The van der Waals surface area contributed by atoms with E-state index in [1.54, 1.807) is 6.07 Å². The van der Waals surface area contributed by atoms with Crippen LogP contribution in [0.5, 0.6) is 0 Å². The third-order valence-corrected chi connectivity index (χ3v) is 3.39. The van der Waals surface area contributed by atoms with Gasteiger partial charge in [0.2, 0.25) is 0 Å². The molecule has 1 heterocycles. The Balaban J connectivity index is 2.34. The zero-order valence-corrected chi connectivity index (χ0v) is 9.61. The highest BCUT2D eigenvalue weighted by molar-refractivity contribution is 14.1. The highest BCUT2D eigenvalue weighted by Crippen LogP contribution is 2.25. The first-order valence-electron chi connectivity index (χ1n) is 4.44. The monoisotopic (exact) mass is 303 g/mol. The first kappa shape index (κ1) is 9.92. The lowest BCUT2D eigenvalue weighted by molar-refractivity contribution is 0.0695. The van der Waals surface area contributed by atoms with Crippen LogP contribution in [0.15, 0.2) is 18.2 Å². The van der Waals surface area contributed by atoms with E-state index in [9.17, 15) is 4.79 Å². The Bertz CT molecular complexity index is 374. The van der Waals surface area contributed by atoms with E-state index >= 15 is 0 Å². The largest absolute Gasteiger partial charge is 0.478 e. The molecule has 1 saturated heterocycles. The van der Waals surface area contributed by atoms with Gasteiger partial charge in [0.05, 0.1) is 5.56 Å². The summed E-state index contributed by atoms with van der Waals surface area (Å²) >= 11 is 2.04. The maximum Gasteiger partial charge on any atom is 0.336 e. The predicted molar refractivity (Wildman–Crippen MR) is 61.5 cm³/mol. The zero-order chi connectivity index (χ0) is 10.1. The van der Waals surface area contributed by atoms with Crippen molar-refractivity contribution in [3.8, 4) is 0 Å². The van der Waals surface area contributed by atoms with E-state index in [0.29, 0.717) is 11.6 Å². The second-order valence-electron chi connectivity index (χ2n) is 3.34. The first-order chi connectivity index (χ1) is 6.68. The van der Waals surface area contributed by atoms with Crippen LogP contribution in [0.2, 0.25) is 0 Å². The van der Waals surface area contributed by atoms with Crippen LogP contribution in [-0.4, -0.2) is 17.6 Å². The molecule has 0 saturated carbocycles. The van der Waals surface area contributed by atoms with Gasteiger partial charge in [0.15, 0.2) is 0 Å². The molecule has 2 rings (SSSR count). The van der Waals surface area contributed by atoms with Crippen molar-refractivity contribution in [3.05, 3.63) is 32.9 Å². The lowest BCUT2D eigenvalue weighted by Crippen LogP contribution is -2.35. The van der Waals surface area contributed by atoms with Crippen LogP contribution in [0.4, 0.5) is 0 Å². The lowest BCUT2D eigenvalue weighted by atomic mass is 9.96. The molecule has 14 heavy (non-hydrogen) atoms. The highest BCUT2D eigenvalue weighted by Gasteiger charge is 2.20. The summed E-state index contributed by atoms with van der Waals surface area (Å²) in [6.07, 6.45) is 1.10. The van der Waals surface area contributed by atoms with Gasteiger partial charge < -0.3 is 10.4 Å². The molecule has 0 amide bonds. The van der Waals surface area contributed by atoms with Gasteiger partial charge in [-0.2, -0.15) is 0 Å². The number of benzene rings is 1. The molecule has 1 aliphatic rings. The molecule has 0 unspecified atom stereocenters. The van der Waals surface area contributed by atoms with Crippen LogP contribution in [0.25, 0.3) is 0 Å². The molecule has 1 aliphatic heterocycles. The number of rotatable bonds is 2. The van der Waals surface area contributed by atoms with E-state index < -0.39 is 5.97 Å². The molecule has 3 nitrogen and oxygen atoms in total. The molecule has 1 aromatic carbocycles. The molecule has 1 fully saturated rings. The second-order valence-corrected chi connectivity index (χ2v) is 4.50. The van der Waals surface area contributed by atoms with Crippen LogP contribution < -0.4 is 5.32 Å². The Morgan fingerprint density at radius 3 is 2.79 bits per heavy atom. The van der Waals surface area contributed by atoms with Gasteiger partial charge in [-0.3, -0.25) is 0 Å². The Hall–Kier alpha value is -0.620. The predicted octanol–water partition coefficient (Wildman–Crippen LogP) is 2.02. The summed E-state index contributed by atoms with van der Waals surface area (Å²) in [4.78, 5) is 10.9. The lowest BCUT2D eigenvalue weighted by Gasteiger charge is -2.28. The molecular weight excluding hydrogens is 293 g/mol. The quantitative estimate of drug-likeness (QED) is 0.822. The number of carboxylic acid groups (broad SMARTS) is 1. The van der Waals surface area contributed by atoms with Gasteiger partial charge in [-0.05, 0) is 53.3 Å². The Morgan fingerprint density at radius 2 is 2.29 bits per heavy atom. The average molecular weight is 303 g/mol. The van der Waals surface area contributed by atoms with E-state index in [2.05, 4.69) is 5.32 Å². The third-order valence-electron chi connectivity index (χ3n) is 2.45. The maximum absolute atomic E-state index is 10.9. The van der Waals surface area contributed by atoms with Crippen molar-refractivity contribution in [2.75, 3.05) is 6.54 Å². The molecule has 0 spiro atoms. The summed E-state index contributed by atoms with van der Waals surface area (Å²) in [6, 6.07) is 5.97. The topological polar surface area (TPSA) is 49.3 Å². The third kappa shape index (κ3) is 1.76. The molecule has 2 N–H and O–H groups in total. The molecule has 1 atom stereocenters. The maximum atomic E-state index is 10.9. The van der Waals surface area contributed by atoms with Crippen molar-refractivity contribution in [2.24, 2.45) is 0 Å². The molecule has 0 aliphatic carbocycles. The van der Waals surface area contributed by atoms with E-state index in [1.807, 2.05) is 34.7 Å². The van der Waals surface area contributed by atoms with Crippen LogP contribution >= 0.6 is 22.6 Å². The Morgan fingerprint density at radius 1 is 1.57 bits per heavy atom. The smallest absolute Gasteiger partial charge is 0.336 e. The van der Waals surface area contributed by atoms with Gasteiger partial charge in [-0.25, -0.2) is 4.79 Å². The Kier molecular flexibility index (Phi) is 2.73. The molecular formula is C10H10INO2. The second kappa shape index (κ2) is 3.86. The number of carboxylic acids is 1. The first-order valence-corrected chi connectivity index (χ1v) is 5.52. The van der Waals surface area contributed by atoms with Gasteiger partial charge in [0.1, 0.15) is 0 Å². The Labute approximate surface area is 95.7 Å². The van der Waals surface area contributed by atoms with Gasteiger partial charge in [0.25, 0.3) is 0 Å². The summed E-state index contributed by atoms with van der Waals surface area (Å²) in [6.45, 7) is 1.03. The molecule has 0 radical (unpaired) electrons. The van der Waals surface area contributed by atoms with Crippen molar-refractivity contribution in [1.29, 1.82) is 0 Å². The van der Waals surface area contributed by atoms with Crippen LogP contribution in [-0.2, 0) is 0 Å². The number of nitrogens with one attached hydrogen (secondary N) is 1. The molecule has 4 heteroatoms.